The van der Waals surface area contributed by atoms with E-state index >= 15 is 0 Å². The largest absolute Gasteiger partial charge is 0.347 e. The van der Waals surface area contributed by atoms with Crippen molar-refractivity contribution >= 4 is 40.6 Å². The lowest BCUT2D eigenvalue weighted by Crippen LogP contribution is -2.35. The second kappa shape index (κ2) is 8.23. The van der Waals surface area contributed by atoms with E-state index in [1.54, 1.807) is 18.2 Å². The minimum absolute atomic E-state index is 0.178. The van der Waals surface area contributed by atoms with Gasteiger partial charge in [0.2, 0.25) is 5.91 Å². The zero-order valence-corrected chi connectivity index (χ0v) is 16.5. The highest BCUT2D eigenvalue weighted by Crippen LogP contribution is 2.30. The zero-order valence-electron chi connectivity index (χ0n) is 15.0. The molecule has 0 radical (unpaired) electrons. The number of anilines is 2. The van der Waals surface area contributed by atoms with Crippen molar-refractivity contribution in [2.75, 3.05) is 23.3 Å². The van der Waals surface area contributed by atoms with Gasteiger partial charge in [-0.2, -0.15) is 0 Å². The Labute approximate surface area is 163 Å². The summed E-state index contributed by atoms with van der Waals surface area (Å²) >= 11 is 12.3. The van der Waals surface area contributed by atoms with E-state index in [9.17, 15) is 4.79 Å². The number of carbonyl (C=O) groups is 1. The van der Waals surface area contributed by atoms with Crippen LogP contribution >= 0.6 is 23.2 Å². The number of aryl methyl sites for hydroxylation is 2. The first-order valence-corrected chi connectivity index (χ1v) is 9.60. The number of nitrogens with one attached hydrogen (secondary N) is 1. The van der Waals surface area contributed by atoms with E-state index in [2.05, 4.69) is 15.3 Å². The maximum Gasteiger partial charge on any atom is 0.244 e. The van der Waals surface area contributed by atoms with Crippen LogP contribution in [0.3, 0.4) is 0 Å². The van der Waals surface area contributed by atoms with E-state index in [1.807, 2.05) is 18.7 Å². The molecule has 0 unspecified atom stereocenters. The Morgan fingerprint density at radius 1 is 1.19 bits per heavy atom. The number of hydrogen-bond donors (Lipinski definition) is 1. The Hall–Kier alpha value is -1.85. The second-order valence-corrected chi connectivity index (χ2v) is 7.20. The van der Waals surface area contributed by atoms with Crippen LogP contribution in [0.15, 0.2) is 18.2 Å². The van der Waals surface area contributed by atoms with Crippen molar-refractivity contribution < 1.29 is 4.79 Å². The Bertz CT molecular complexity index is 805. The molecule has 3 rings (SSSR count). The number of benzene rings is 1. The fraction of sp³-hybridized carbons (Fsp3) is 0.421. The van der Waals surface area contributed by atoms with Gasteiger partial charge in [0, 0.05) is 17.8 Å². The molecule has 7 heteroatoms. The average molecular weight is 393 g/mol. The molecule has 0 atom stereocenters. The summed E-state index contributed by atoms with van der Waals surface area (Å²) in [7, 11) is 0. The molecule has 26 heavy (non-hydrogen) atoms. The van der Waals surface area contributed by atoms with Crippen molar-refractivity contribution in [3.05, 3.63) is 45.3 Å². The molecule has 2 aromatic rings. The van der Waals surface area contributed by atoms with E-state index in [-0.39, 0.29) is 12.5 Å². The number of hydrogen-bond acceptors (Lipinski definition) is 4. The molecule has 1 aromatic heterocycles. The van der Waals surface area contributed by atoms with Crippen molar-refractivity contribution in [3.63, 3.8) is 0 Å². The molecule has 1 aliphatic carbocycles. The summed E-state index contributed by atoms with van der Waals surface area (Å²) in [5.74, 6) is 1.44. The van der Waals surface area contributed by atoms with Crippen LogP contribution < -0.4 is 10.2 Å². The first kappa shape index (κ1) is 18.9. The lowest BCUT2D eigenvalue weighted by atomic mass is 9.96. The van der Waals surface area contributed by atoms with Gasteiger partial charge < -0.3 is 10.2 Å². The number of aromatic nitrogens is 2. The molecular weight excluding hydrogens is 371 g/mol. The van der Waals surface area contributed by atoms with Crippen LogP contribution in [-0.2, 0) is 17.6 Å². The van der Waals surface area contributed by atoms with Crippen molar-refractivity contribution in [1.29, 1.82) is 0 Å². The van der Waals surface area contributed by atoms with E-state index in [1.165, 1.54) is 5.56 Å². The lowest BCUT2D eigenvalue weighted by molar-refractivity contribution is -0.115. The monoisotopic (exact) mass is 392 g/mol. The zero-order chi connectivity index (χ0) is 18.7. The molecule has 0 fully saturated rings. The number of carbonyl (C=O) groups excluding carboxylic acids is 1. The van der Waals surface area contributed by atoms with Gasteiger partial charge in [0.25, 0.3) is 0 Å². The molecule has 1 amide bonds. The van der Waals surface area contributed by atoms with Gasteiger partial charge in [-0.25, -0.2) is 9.97 Å². The molecule has 0 aliphatic heterocycles. The van der Waals surface area contributed by atoms with E-state index in [0.717, 1.165) is 43.0 Å². The summed E-state index contributed by atoms with van der Waals surface area (Å²) in [5.41, 5.74) is 2.73. The molecule has 1 aromatic carbocycles. The van der Waals surface area contributed by atoms with Gasteiger partial charge in [-0.3, -0.25) is 4.79 Å². The third-order valence-electron chi connectivity index (χ3n) is 4.52. The second-order valence-electron chi connectivity index (χ2n) is 6.39. The number of halogens is 2. The van der Waals surface area contributed by atoms with Crippen molar-refractivity contribution in [2.45, 2.75) is 39.5 Å². The van der Waals surface area contributed by atoms with Crippen molar-refractivity contribution in [2.24, 2.45) is 0 Å². The Kier molecular flexibility index (Phi) is 5.99. The molecular formula is C19H22Cl2N4O. The average Bonchev–Trinajstić information content (AvgIpc) is 2.62. The summed E-state index contributed by atoms with van der Waals surface area (Å²) in [6.07, 6.45) is 4.22. The van der Waals surface area contributed by atoms with Crippen LogP contribution in [0.1, 0.15) is 36.8 Å². The first-order valence-electron chi connectivity index (χ1n) is 8.84. The number of likely N-dealkylation sites (N-methyl/N-ethyl adjacent to an activating group) is 1. The van der Waals surface area contributed by atoms with Crippen LogP contribution in [-0.4, -0.2) is 29.0 Å². The highest BCUT2D eigenvalue weighted by atomic mass is 35.5. The number of fused-ring (bicyclic) bond motifs is 1. The lowest BCUT2D eigenvalue weighted by Gasteiger charge is -2.27. The van der Waals surface area contributed by atoms with Gasteiger partial charge in [0.05, 0.1) is 22.3 Å². The molecule has 0 saturated carbocycles. The number of amides is 1. The Morgan fingerprint density at radius 3 is 2.58 bits per heavy atom. The predicted octanol–water partition coefficient (Wildman–Crippen LogP) is 4.44. The summed E-state index contributed by atoms with van der Waals surface area (Å²) < 4.78 is 0. The van der Waals surface area contributed by atoms with E-state index in [4.69, 9.17) is 23.2 Å². The Balaban J connectivity index is 1.82. The molecule has 138 valence electrons. The van der Waals surface area contributed by atoms with Gasteiger partial charge in [0.1, 0.15) is 11.6 Å². The smallest absolute Gasteiger partial charge is 0.244 e. The van der Waals surface area contributed by atoms with Gasteiger partial charge in [-0.05, 0) is 51.7 Å². The molecule has 1 heterocycles. The molecule has 5 nitrogen and oxygen atoms in total. The molecule has 0 bridgehead atoms. The van der Waals surface area contributed by atoms with E-state index in [0.29, 0.717) is 22.3 Å². The van der Waals surface area contributed by atoms with Crippen LogP contribution in [0.4, 0.5) is 11.5 Å². The highest BCUT2D eigenvalue weighted by Gasteiger charge is 2.22. The molecule has 0 spiro atoms. The van der Waals surface area contributed by atoms with Crippen LogP contribution in [0.25, 0.3) is 0 Å². The number of rotatable bonds is 5. The van der Waals surface area contributed by atoms with Crippen LogP contribution in [0, 0.1) is 6.92 Å². The number of nitrogens with zero attached hydrogens (tertiary/aromatic N) is 3. The van der Waals surface area contributed by atoms with Crippen molar-refractivity contribution in [3.8, 4) is 0 Å². The molecule has 0 saturated heterocycles. The maximum atomic E-state index is 12.6. The summed E-state index contributed by atoms with van der Waals surface area (Å²) in [6, 6.07) is 5.14. The van der Waals surface area contributed by atoms with Crippen molar-refractivity contribution in [1.82, 2.24) is 9.97 Å². The van der Waals surface area contributed by atoms with Gasteiger partial charge in [0.15, 0.2) is 0 Å². The predicted molar refractivity (Wildman–Crippen MR) is 106 cm³/mol. The van der Waals surface area contributed by atoms with Crippen LogP contribution in [0.2, 0.25) is 10.0 Å². The summed E-state index contributed by atoms with van der Waals surface area (Å²) in [4.78, 5) is 23.8. The van der Waals surface area contributed by atoms with Gasteiger partial charge >= 0.3 is 0 Å². The topological polar surface area (TPSA) is 58.1 Å². The third kappa shape index (κ3) is 4.10. The molecule has 1 N–H and O–H groups in total. The SMILES string of the molecule is CCN(CC(=O)Nc1c(Cl)cccc1Cl)c1nc(C)nc2c1CCCC2. The standard InChI is InChI=1S/C19H22Cl2N4O/c1-3-25(11-17(26)24-18-14(20)8-6-9-15(18)21)19-13-7-4-5-10-16(13)22-12(2)23-19/h6,8-9H,3-5,7,10-11H2,1-2H3,(H,24,26). The fourth-order valence-electron chi connectivity index (χ4n) is 3.26. The highest BCUT2D eigenvalue weighted by molar-refractivity contribution is 6.39. The van der Waals surface area contributed by atoms with Crippen LogP contribution in [0.5, 0.6) is 0 Å². The molecule has 1 aliphatic rings. The summed E-state index contributed by atoms with van der Waals surface area (Å²) in [6.45, 7) is 4.77. The number of para-hydroxylation sites is 1. The van der Waals surface area contributed by atoms with E-state index < -0.39 is 0 Å². The minimum atomic E-state index is -0.178. The first-order chi connectivity index (χ1) is 12.5. The Morgan fingerprint density at radius 2 is 1.88 bits per heavy atom. The quantitative estimate of drug-likeness (QED) is 0.816. The third-order valence-corrected chi connectivity index (χ3v) is 5.15. The van der Waals surface area contributed by atoms with Gasteiger partial charge in [-0.1, -0.05) is 29.3 Å². The van der Waals surface area contributed by atoms with Gasteiger partial charge in [-0.15, -0.1) is 0 Å². The fourth-order valence-corrected chi connectivity index (χ4v) is 3.75. The summed E-state index contributed by atoms with van der Waals surface area (Å²) in [5, 5.41) is 3.66. The minimum Gasteiger partial charge on any atom is -0.347 e. The normalized spacial score (nSPS) is 13.2. The maximum absolute atomic E-state index is 12.6.